The molecular formula is C26H29N7O. The van der Waals surface area contributed by atoms with Crippen LogP contribution in [0.2, 0.25) is 0 Å². The molecule has 2 saturated heterocycles. The molecule has 1 aromatic carbocycles. The third-order valence-electron chi connectivity index (χ3n) is 7.01. The average Bonchev–Trinajstić information content (AvgIpc) is 3.45. The zero-order chi connectivity index (χ0) is 23.9. The van der Waals surface area contributed by atoms with Gasteiger partial charge in [0, 0.05) is 61.4 Å². The van der Waals surface area contributed by atoms with E-state index in [1.165, 1.54) is 0 Å². The van der Waals surface area contributed by atoms with Crippen LogP contribution in [0, 0.1) is 23.7 Å². The van der Waals surface area contributed by atoms with Crippen LogP contribution in [0.1, 0.15) is 17.5 Å². The number of pyridine rings is 1. The van der Waals surface area contributed by atoms with Gasteiger partial charge in [-0.1, -0.05) is 12.1 Å². The Morgan fingerprint density at radius 3 is 2.85 bits per heavy atom. The Kier molecular flexibility index (Phi) is 5.58. The van der Waals surface area contributed by atoms with Gasteiger partial charge in [-0.25, -0.2) is 0 Å². The summed E-state index contributed by atoms with van der Waals surface area (Å²) in [5.41, 5.74) is 5.45. The van der Waals surface area contributed by atoms with Crippen molar-refractivity contribution in [1.82, 2.24) is 25.0 Å². The van der Waals surface area contributed by atoms with Crippen molar-refractivity contribution in [3.63, 3.8) is 0 Å². The fraction of sp³-hybridized carbons (Fsp3) is 0.385. The lowest BCUT2D eigenvalue weighted by Crippen LogP contribution is -2.59. The Hall–Kier alpha value is -3.70. The second-order valence-electron chi connectivity index (χ2n) is 9.81. The van der Waals surface area contributed by atoms with Crippen LogP contribution in [-0.2, 0) is 4.79 Å². The molecule has 2 fully saturated rings. The van der Waals surface area contributed by atoms with Gasteiger partial charge in [-0.05, 0) is 44.6 Å². The van der Waals surface area contributed by atoms with Crippen LogP contribution in [0.5, 0.6) is 0 Å². The van der Waals surface area contributed by atoms with Crippen LogP contribution in [0.3, 0.4) is 0 Å². The number of hydrogen-bond acceptors (Lipinski definition) is 6. The lowest BCUT2D eigenvalue weighted by molar-refractivity contribution is -0.136. The van der Waals surface area contributed by atoms with Gasteiger partial charge in [0.2, 0.25) is 5.91 Å². The number of rotatable bonds is 5. The molecule has 1 spiro atoms. The smallest absolute Gasteiger partial charge is 0.246 e. The van der Waals surface area contributed by atoms with Gasteiger partial charge in [-0.15, -0.1) is 0 Å². The summed E-state index contributed by atoms with van der Waals surface area (Å²) in [5.74, 6) is 0.0796. The van der Waals surface area contributed by atoms with Gasteiger partial charge in [-0.3, -0.25) is 14.9 Å². The van der Waals surface area contributed by atoms with Crippen molar-refractivity contribution >= 4 is 22.5 Å². The number of nitriles is 1. The molecule has 2 aliphatic heterocycles. The van der Waals surface area contributed by atoms with Gasteiger partial charge >= 0.3 is 0 Å². The molecule has 1 amide bonds. The molecule has 0 radical (unpaired) electrons. The second kappa shape index (κ2) is 8.58. The van der Waals surface area contributed by atoms with Gasteiger partial charge in [0.05, 0.1) is 29.2 Å². The fourth-order valence-corrected chi connectivity index (χ4v) is 5.27. The number of likely N-dealkylation sites (N-methyl/N-ethyl adjacent to an activating group) is 1. The maximum atomic E-state index is 12.5. The summed E-state index contributed by atoms with van der Waals surface area (Å²) < 4.78 is 0. The topological polar surface area (TPSA) is 92.2 Å². The van der Waals surface area contributed by atoms with Gasteiger partial charge in [0.15, 0.2) is 0 Å². The molecule has 34 heavy (non-hydrogen) atoms. The molecule has 0 unspecified atom stereocenters. The van der Waals surface area contributed by atoms with Gasteiger partial charge in [0.1, 0.15) is 6.07 Å². The number of likely N-dealkylation sites (tertiary alicyclic amines) is 1. The summed E-state index contributed by atoms with van der Waals surface area (Å²) in [4.78, 5) is 23.2. The number of aromatic amines is 1. The third kappa shape index (κ3) is 3.82. The number of benzene rings is 1. The SMILES string of the molecule is Cc1ccc2[nH]ncc2c1-c1cncc(N2CCC3(CN(C(=O)C=CCN(C)C)C3)C2)c1C#N. The molecule has 174 valence electrons. The van der Waals surface area contributed by atoms with E-state index in [4.69, 9.17) is 0 Å². The van der Waals surface area contributed by atoms with Crippen molar-refractivity contribution < 1.29 is 4.79 Å². The number of carbonyl (C=O) groups excluding carboxylic acids is 1. The van der Waals surface area contributed by atoms with Crippen molar-refractivity contribution in [1.29, 1.82) is 5.26 Å². The van der Waals surface area contributed by atoms with E-state index in [1.54, 1.807) is 18.5 Å². The standard InChI is InChI=1S/C26H29N7O/c1-18-6-7-22-21(13-29-30-22)25(18)20-12-28-14-23(19(20)11-27)32-10-8-26(15-32)16-33(17-26)24(34)5-4-9-31(2)3/h4-7,12-14H,8-10,15-17H2,1-3H3,(H,29,30). The first-order valence-corrected chi connectivity index (χ1v) is 11.6. The molecule has 1 N–H and O–H groups in total. The van der Waals surface area contributed by atoms with E-state index < -0.39 is 0 Å². The Morgan fingerprint density at radius 2 is 2.09 bits per heavy atom. The van der Waals surface area contributed by atoms with Crippen LogP contribution >= 0.6 is 0 Å². The molecule has 0 atom stereocenters. The largest absolute Gasteiger partial charge is 0.368 e. The fourth-order valence-electron chi connectivity index (χ4n) is 5.27. The Bertz CT molecular complexity index is 1310. The van der Waals surface area contributed by atoms with Crippen LogP contribution in [0.25, 0.3) is 22.0 Å². The minimum atomic E-state index is 0.0796. The van der Waals surface area contributed by atoms with Crippen molar-refractivity contribution in [3.8, 4) is 17.2 Å². The summed E-state index contributed by atoms with van der Waals surface area (Å²) in [7, 11) is 3.97. The number of fused-ring (bicyclic) bond motifs is 1. The first kappa shape index (κ1) is 22.1. The van der Waals surface area contributed by atoms with E-state index in [1.807, 2.05) is 55.2 Å². The summed E-state index contributed by atoms with van der Waals surface area (Å²) in [6.07, 6.45) is 9.99. The van der Waals surface area contributed by atoms with E-state index in [0.717, 1.165) is 72.4 Å². The van der Waals surface area contributed by atoms with Crippen LogP contribution in [0.15, 0.2) is 42.9 Å². The molecule has 0 aliphatic carbocycles. The Balaban J connectivity index is 1.37. The van der Waals surface area contributed by atoms with Crippen molar-refractivity contribution in [3.05, 3.63) is 54.0 Å². The molecule has 2 aromatic heterocycles. The van der Waals surface area contributed by atoms with E-state index in [2.05, 4.69) is 26.2 Å². The molecule has 0 saturated carbocycles. The highest BCUT2D eigenvalue weighted by molar-refractivity contribution is 5.98. The summed E-state index contributed by atoms with van der Waals surface area (Å²) in [6.45, 7) is 6.01. The predicted octanol–water partition coefficient (Wildman–Crippen LogP) is 2.96. The number of aromatic nitrogens is 3. The van der Waals surface area contributed by atoms with Crippen molar-refractivity contribution in [2.45, 2.75) is 13.3 Å². The normalized spacial score (nSPS) is 17.1. The highest BCUT2D eigenvalue weighted by Crippen LogP contribution is 2.43. The van der Waals surface area contributed by atoms with Crippen molar-refractivity contribution in [2.75, 3.05) is 51.7 Å². The second-order valence-corrected chi connectivity index (χ2v) is 9.81. The molecule has 8 heteroatoms. The molecule has 8 nitrogen and oxygen atoms in total. The number of H-pyrrole nitrogens is 1. The number of nitrogens with one attached hydrogen (secondary N) is 1. The van der Waals surface area contributed by atoms with E-state index in [9.17, 15) is 10.1 Å². The Labute approximate surface area is 199 Å². The van der Waals surface area contributed by atoms with Crippen LogP contribution < -0.4 is 4.90 Å². The molecule has 5 rings (SSSR count). The minimum Gasteiger partial charge on any atom is -0.368 e. The molecular weight excluding hydrogens is 426 g/mol. The maximum Gasteiger partial charge on any atom is 0.246 e. The quantitative estimate of drug-likeness (QED) is 0.595. The first-order valence-electron chi connectivity index (χ1n) is 11.6. The minimum absolute atomic E-state index is 0.0796. The molecule has 2 aliphatic rings. The summed E-state index contributed by atoms with van der Waals surface area (Å²) in [6, 6.07) is 6.51. The maximum absolute atomic E-state index is 12.5. The van der Waals surface area contributed by atoms with E-state index in [0.29, 0.717) is 5.56 Å². The average molecular weight is 456 g/mol. The number of carbonyl (C=O) groups is 1. The van der Waals surface area contributed by atoms with Crippen LogP contribution in [-0.4, -0.2) is 77.7 Å². The lowest BCUT2D eigenvalue weighted by Gasteiger charge is -2.47. The molecule has 3 aromatic rings. The van der Waals surface area contributed by atoms with Gasteiger partial charge < -0.3 is 14.7 Å². The number of nitrogens with zero attached hydrogens (tertiary/aromatic N) is 6. The zero-order valence-corrected chi connectivity index (χ0v) is 19.9. The number of anilines is 1. The lowest BCUT2D eigenvalue weighted by atomic mass is 9.79. The van der Waals surface area contributed by atoms with E-state index in [-0.39, 0.29) is 11.3 Å². The Morgan fingerprint density at radius 1 is 1.26 bits per heavy atom. The monoisotopic (exact) mass is 455 g/mol. The highest BCUT2D eigenvalue weighted by Gasteiger charge is 2.49. The van der Waals surface area contributed by atoms with Gasteiger partial charge in [-0.2, -0.15) is 10.4 Å². The third-order valence-corrected chi connectivity index (χ3v) is 7.01. The van der Waals surface area contributed by atoms with Crippen molar-refractivity contribution in [2.24, 2.45) is 5.41 Å². The van der Waals surface area contributed by atoms with Crippen LogP contribution in [0.4, 0.5) is 5.69 Å². The zero-order valence-electron chi connectivity index (χ0n) is 19.9. The van der Waals surface area contributed by atoms with E-state index >= 15 is 0 Å². The summed E-state index contributed by atoms with van der Waals surface area (Å²) in [5, 5.41) is 18.4. The highest BCUT2D eigenvalue weighted by atomic mass is 16.2. The number of amides is 1. The number of hydrogen-bond donors (Lipinski definition) is 1. The summed E-state index contributed by atoms with van der Waals surface area (Å²) >= 11 is 0. The first-order chi connectivity index (χ1) is 16.4. The predicted molar refractivity (Wildman–Crippen MR) is 132 cm³/mol. The number of aryl methyl sites for hydroxylation is 1. The molecule has 0 bridgehead atoms. The molecule has 4 heterocycles. The van der Waals surface area contributed by atoms with Gasteiger partial charge in [0.25, 0.3) is 0 Å².